The molecule has 0 spiro atoms. The number of halogens is 1. The maximum Gasteiger partial charge on any atom is 0.145 e. The molecule has 0 amide bonds. The topological polar surface area (TPSA) is 35.2 Å². The minimum atomic E-state index is -0.0822. The van der Waals surface area contributed by atoms with E-state index in [9.17, 15) is 0 Å². The molecule has 1 aromatic carbocycles. The minimum Gasteiger partial charge on any atom is -0.484 e. The number of hydrogen-bond donors (Lipinski definition) is 1. The van der Waals surface area contributed by atoms with Crippen LogP contribution < -0.4 is 10.5 Å². The van der Waals surface area contributed by atoms with E-state index < -0.39 is 0 Å². The highest BCUT2D eigenvalue weighted by Crippen LogP contribution is 2.25. The van der Waals surface area contributed by atoms with E-state index >= 15 is 0 Å². The number of hydrogen-bond acceptors (Lipinski definition) is 3. The first kappa shape index (κ1) is 11.5. The molecular weight excluding hydrogens is 242 g/mol. The van der Waals surface area contributed by atoms with Gasteiger partial charge in [0.2, 0.25) is 0 Å². The van der Waals surface area contributed by atoms with Gasteiger partial charge in [0.15, 0.2) is 0 Å². The third-order valence-corrected chi connectivity index (χ3v) is 3.38. The van der Waals surface area contributed by atoms with Gasteiger partial charge in [0.05, 0.1) is 0 Å². The van der Waals surface area contributed by atoms with Crippen molar-refractivity contribution < 1.29 is 4.74 Å². The molecule has 2 nitrogen and oxygen atoms in total. The first-order valence-electron chi connectivity index (χ1n) is 4.95. The van der Waals surface area contributed by atoms with Crippen LogP contribution in [0.5, 0.6) is 5.75 Å². The zero-order valence-electron chi connectivity index (χ0n) is 8.60. The fourth-order valence-electron chi connectivity index (χ4n) is 1.37. The van der Waals surface area contributed by atoms with Gasteiger partial charge in [-0.3, -0.25) is 0 Å². The molecule has 0 radical (unpaired) electrons. The third-order valence-electron chi connectivity index (χ3n) is 2.17. The molecule has 4 heteroatoms. The minimum absolute atomic E-state index is 0.0822. The van der Waals surface area contributed by atoms with Crippen molar-refractivity contribution in [3.63, 3.8) is 0 Å². The number of benzene rings is 1. The van der Waals surface area contributed by atoms with Crippen molar-refractivity contribution in [1.29, 1.82) is 0 Å². The summed E-state index contributed by atoms with van der Waals surface area (Å²) in [6.45, 7) is 0.461. The standard InChI is InChI=1S/C12H12ClNOS/c13-9-3-5-10(6-4-9)15-11(8-14)12-2-1-7-16-12/h1-7,11H,8,14H2. The van der Waals surface area contributed by atoms with Gasteiger partial charge < -0.3 is 10.5 Å². The Bertz CT molecular complexity index is 427. The molecule has 2 aromatic rings. The molecular formula is C12H12ClNOS. The van der Waals surface area contributed by atoms with E-state index in [1.54, 1.807) is 23.5 Å². The molecule has 0 fully saturated rings. The summed E-state index contributed by atoms with van der Waals surface area (Å²) in [5.41, 5.74) is 5.70. The quantitative estimate of drug-likeness (QED) is 0.906. The van der Waals surface area contributed by atoms with Crippen molar-refractivity contribution in [3.8, 4) is 5.75 Å². The second-order valence-corrected chi connectivity index (χ2v) is 4.73. The lowest BCUT2D eigenvalue weighted by Crippen LogP contribution is -2.17. The summed E-state index contributed by atoms with van der Waals surface area (Å²) in [6.07, 6.45) is -0.0822. The molecule has 2 rings (SSSR count). The average molecular weight is 254 g/mol. The molecule has 16 heavy (non-hydrogen) atoms. The van der Waals surface area contributed by atoms with Gasteiger partial charge in [-0.15, -0.1) is 11.3 Å². The van der Waals surface area contributed by atoms with Crippen LogP contribution in [0.4, 0.5) is 0 Å². The Labute approximate surface area is 104 Å². The van der Waals surface area contributed by atoms with Crippen molar-refractivity contribution >= 4 is 22.9 Å². The van der Waals surface area contributed by atoms with Crippen molar-refractivity contribution in [3.05, 3.63) is 51.7 Å². The normalized spacial score (nSPS) is 12.4. The second-order valence-electron chi connectivity index (χ2n) is 3.31. The third kappa shape index (κ3) is 2.76. The summed E-state index contributed by atoms with van der Waals surface area (Å²) in [5, 5.41) is 2.72. The highest BCUT2D eigenvalue weighted by molar-refractivity contribution is 7.10. The fourth-order valence-corrected chi connectivity index (χ4v) is 2.27. The molecule has 0 aliphatic rings. The summed E-state index contributed by atoms with van der Waals surface area (Å²) in [4.78, 5) is 1.14. The molecule has 1 unspecified atom stereocenters. The molecule has 84 valence electrons. The number of nitrogens with two attached hydrogens (primary N) is 1. The van der Waals surface area contributed by atoms with Crippen molar-refractivity contribution in [2.75, 3.05) is 6.54 Å². The largest absolute Gasteiger partial charge is 0.484 e. The summed E-state index contributed by atoms with van der Waals surface area (Å²) < 4.78 is 5.79. The summed E-state index contributed by atoms with van der Waals surface area (Å²) in [6, 6.07) is 11.3. The molecule has 0 bridgehead atoms. The lowest BCUT2D eigenvalue weighted by molar-refractivity contribution is 0.218. The lowest BCUT2D eigenvalue weighted by atomic mass is 10.3. The van der Waals surface area contributed by atoms with Crippen molar-refractivity contribution in [2.24, 2.45) is 5.73 Å². The molecule has 1 aromatic heterocycles. The van der Waals surface area contributed by atoms with E-state index in [2.05, 4.69) is 0 Å². The summed E-state index contributed by atoms with van der Waals surface area (Å²) in [7, 11) is 0. The zero-order valence-corrected chi connectivity index (χ0v) is 10.2. The second kappa shape index (κ2) is 5.34. The van der Waals surface area contributed by atoms with Crippen LogP contribution in [-0.2, 0) is 0 Å². The predicted octanol–water partition coefficient (Wildman–Crippen LogP) is 3.48. The van der Waals surface area contributed by atoms with E-state index in [1.165, 1.54) is 0 Å². The van der Waals surface area contributed by atoms with Crippen LogP contribution in [0.15, 0.2) is 41.8 Å². The first-order chi connectivity index (χ1) is 7.79. The number of ether oxygens (including phenoxy) is 1. The summed E-state index contributed by atoms with van der Waals surface area (Å²) in [5.74, 6) is 0.785. The van der Waals surface area contributed by atoms with E-state index in [-0.39, 0.29) is 6.10 Å². The molecule has 0 aliphatic heterocycles. The van der Waals surface area contributed by atoms with Gasteiger partial charge in [0.25, 0.3) is 0 Å². The lowest BCUT2D eigenvalue weighted by Gasteiger charge is -2.15. The van der Waals surface area contributed by atoms with Crippen LogP contribution in [0, 0.1) is 0 Å². The smallest absolute Gasteiger partial charge is 0.145 e. The van der Waals surface area contributed by atoms with Crippen molar-refractivity contribution in [1.82, 2.24) is 0 Å². The SMILES string of the molecule is NCC(Oc1ccc(Cl)cc1)c1cccs1. The van der Waals surface area contributed by atoms with Gasteiger partial charge >= 0.3 is 0 Å². The molecule has 2 N–H and O–H groups in total. The van der Waals surface area contributed by atoms with Gasteiger partial charge in [0, 0.05) is 16.4 Å². The maximum atomic E-state index is 5.80. The average Bonchev–Trinajstić information content (AvgIpc) is 2.82. The Morgan fingerprint density at radius 3 is 2.56 bits per heavy atom. The van der Waals surface area contributed by atoms with Crippen LogP contribution in [0.25, 0.3) is 0 Å². The Kier molecular flexibility index (Phi) is 3.83. The first-order valence-corrected chi connectivity index (χ1v) is 6.21. The Morgan fingerprint density at radius 1 is 1.25 bits per heavy atom. The highest BCUT2D eigenvalue weighted by Gasteiger charge is 2.12. The van der Waals surface area contributed by atoms with Gasteiger partial charge in [-0.05, 0) is 35.7 Å². The number of thiophene rings is 1. The van der Waals surface area contributed by atoms with Crippen LogP contribution in [0.2, 0.25) is 5.02 Å². The maximum absolute atomic E-state index is 5.80. The summed E-state index contributed by atoms with van der Waals surface area (Å²) >= 11 is 7.45. The van der Waals surface area contributed by atoms with Gasteiger partial charge in [-0.2, -0.15) is 0 Å². The molecule has 0 saturated carbocycles. The predicted molar refractivity (Wildman–Crippen MR) is 68.2 cm³/mol. The van der Waals surface area contributed by atoms with Crippen LogP contribution >= 0.6 is 22.9 Å². The number of rotatable bonds is 4. The highest BCUT2D eigenvalue weighted by atomic mass is 35.5. The molecule has 1 atom stereocenters. The van der Waals surface area contributed by atoms with Gasteiger partial charge in [-0.1, -0.05) is 17.7 Å². The van der Waals surface area contributed by atoms with Crippen LogP contribution in [-0.4, -0.2) is 6.54 Å². The van der Waals surface area contributed by atoms with E-state index in [4.69, 9.17) is 22.1 Å². The fraction of sp³-hybridized carbons (Fsp3) is 0.167. The zero-order chi connectivity index (χ0) is 11.4. The monoisotopic (exact) mass is 253 g/mol. The molecule has 0 aliphatic carbocycles. The molecule has 0 saturated heterocycles. The van der Waals surface area contributed by atoms with Crippen LogP contribution in [0.1, 0.15) is 11.0 Å². The Morgan fingerprint density at radius 2 is 2.00 bits per heavy atom. The van der Waals surface area contributed by atoms with E-state index in [1.807, 2.05) is 29.6 Å². The Hall–Kier alpha value is -1.03. The van der Waals surface area contributed by atoms with E-state index in [0.29, 0.717) is 11.6 Å². The van der Waals surface area contributed by atoms with Crippen molar-refractivity contribution in [2.45, 2.75) is 6.10 Å². The molecule has 1 heterocycles. The van der Waals surface area contributed by atoms with E-state index in [0.717, 1.165) is 10.6 Å². The van der Waals surface area contributed by atoms with Crippen LogP contribution in [0.3, 0.4) is 0 Å². The Balaban J connectivity index is 2.10. The van der Waals surface area contributed by atoms with Gasteiger partial charge in [-0.25, -0.2) is 0 Å². The van der Waals surface area contributed by atoms with Gasteiger partial charge in [0.1, 0.15) is 11.9 Å².